The fourth-order valence-corrected chi connectivity index (χ4v) is 1.51. The van der Waals surface area contributed by atoms with E-state index < -0.39 is 0 Å². The van der Waals surface area contributed by atoms with E-state index in [1.165, 1.54) is 0 Å². The fourth-order valence-electron chi connectivity index (χ4n) is 1.51. The molecular weight excluding hydrogens is 154 g/mol. The Morgan fingerprint density at radius 1 is 1.75 bits per heavy atom. The predicted octanol–water partition coefficient (Wildman–Crippen LogP) is 0.210. The third kappa shape index (κ3) is 1.35. The summed E-state index contributed by atoms with van der Waals surface area (Å²) >= 11 is 0. The van der Waals surface area contributed by atoms with Gasteiger partial charge < -0.3 is 15.6 Å². The molecule has 0 radical (unpaired) electrons. The topological polar surface area (TPSA) is 64.1 Å². The molecule has 1 saturated heterocycles. The Balaban J connectivity index is 2.11. The van der Waals surface area contributed by atoms with Crippen LogP contribution in [0.2, 0.25) is 0 Å². The van der Waals surface area contributed by atoms with Crippen molar-refractivity contribution < 1.29 is 4.52 Å². The Bertz CT molecular complexity index is 253. The van der Waals surface area contributed by atoms with Crippen LogP contribution < -0.4 is 11.1 Å². The summed E-state index contributed by atoms with van der Waals surface area (Å²) in [6.07, 6.45) is 1.14. The quantitative estimate of drug-likeness (QED) is 0.661. The lowest BCUT2D eigenvalue weighted by atomic mass is 10.1. The third-order valence-electron chi connectivity index (χ3n) is 2.25. The van der Waals surface area contributed by atoms with E-state index in [4.69, 9.17) is 10.3 Å². The van der Waals surface area contributed by atoms with Crippen molar-refractivity contribution in [3.63, 3.8) is 0 Å². The van der Waals surface area contributed by atoms with Crippen LogP contribution in [0.4, 0.5) is 0 Å². The molecule has 1 aliphatic heterocycles. The normalized spacial score (nSPS) is 23.2. The van der Waals surface area contributed by atoms with Gasteiger partial charge in [0.15, 0.2) is 0 Å². The van der Waals surface area contributed by atoms with Gasteiger partial charge in [-0.15, -0.1) is 0 Å². The van der Waals surface area contributed by atoms with Crippen LogP contribution in [0.1, 0.15) is 23.8 Å². The molecule has 0 aromatic carbocycles. The number of nitrogens with one attached hydrogen (secondary N) is 1. The molecular formula is C8H13N3O. The molecule has 2 rings (SSSR count). The van der Waals surface area contributed by atoms with Crippen LogP contribution in [0.3, 0.4) is 0 Å². The molecule has 1 fully saturated rings. The highest BCUT2D eigenvalue weighted by atomic mass is 16.5. The van der Waals surface area contributed by atoms with Crippen LogP contribution in [-0.4, -0.2) is 18.2 Å². The molecule has 1 aromatic heterocycles. The molecule has 2 heterocycles. The Morgan fingerprint density at radius 2 is 2.67 bits per heavy atom. The second-order valence-electron chi connectivity index (χ2n) is 3.11. The average molecular weight is 167 g/mol. The molecule has 1 unspecified atom stereocenters. The first-order valence-electron chi connectivity index (χ1n) is 4.26. The Morgan fingerprint density at radius 3 is 3.25 bits per heavy atom. The van der Waals surface area contributed by atoms with Crippen molar-refractivity contribution in [2.45, 2.75) is 18.9 Å². The van der Waals surface area contributed by atoms with Gasteiger partial charge in [-0.3, -0.25) is 0 Å². The zero-order valence-corrected chi connectivity index (χ0v) is 6.92. The van der Waals surface area contributed by atoms with E-state index in [2.05, 4.69) is 10.5 Å². The minimum absolute atomic E-state index is 0.462. The van der Waals surface area contributed by atoms with Gasteiger partial charge >= 0.3 is 0 Å². The molecule has 66 valence electrons. The summed E-state index contributed by atoms with van der Waals surface area (Å²) in [6.45, 7) is 2.53. The van der Waals surface area contributed by atoms with E-state index in [9.17, 15) is 0 Å². The van der Waals surface area contributed by atoms with Crippen LogP contribution >= 0.6 is 0 Å². The largest absolute Gasteiger partial charge is 0.361 e. The zero-order chi connectivity index (χ0) is 8.39. The van der Waals surface area contributed by atoms with E-state index in [1.807, 2.05) is 6.07 Å². The van der Waals surface area contributed by atoms with Gasteiger partial charge in [-0.25, -0.2) is 0 Å². The van der Waals surface area contributed by atoms with Crippen LogP contribution in [0.25, 0.3) is 0 Å². The lowest BCUT2D eigenvalue weighted by Crippen LogP contribution is -2.07. The highest BCUT2D eigenvalue weighted by Gasteiger charge is 2.20. The molecule has 1 atom stereocenters. The van der Waals surface area contributed by atoms with Gasteiger partial charge in [0.25, 0.3) is 0 Å². The SMILES string of the molecule is NCc1cc(C2CCNC2)on1. The number of nitrogens with zero attached hydrogens (tertiary/aromatic N) is 1. The summed E-state index contributed by atoms with van der Waals surface area (Å²) in [5.74, 6) is 1.47. The minimum Gasteiger partial charge on any atom is -0.361 e. The van der Waals surface area contributed by atoms with Gasteiger partial charge in [-0.1, -0.05) is 5.16 Å². The lowest BCUT2D eigenvalue weighted by molar-refractivity contribution is 0.360. The van der Waals surface area contributed by atoms with Gasteiger partial charge in [0.1, 0.15) is 5.76 Å². The van der Waals surface area contributed by atoms with Crippen molar-refractivity contribution >= 4 is 0 Å². The second-order valence-corrected chi connectivity index (χ2v) is 3.11. The average Bonchev–Trinajstić information content (AvgIpc) is 2.75. The molecule has 4 nitrogen and oxygen atoms in total. The Kier molecular flexibility index (Phi) is 2.10. The van der Waals surface area contributed by atoms with Crippen molar-refractivity contribution in [3.05, 3.63) is 17.5 Å². The second kappa shape index (κ2) is 3.25. The van der Waals surface area contributed by atoms with E-state index in [1.54, 1.807) is 0 Å². The molecule has 1 aliphatic rings. The van der Waals surface area contributed by atoms with Gasteiger partial charge in [-0.2, -0.15) is 0 Å². The van der Waals surface area contributed by atoms with Gasteiger partial charge in [-0.05, 0) is 13.0 Å². The molecule has 0 saturated carbocycles. The maximum atomic E-state index is 5.42. The first-order chi connectivity index (χ1) is 5.90. The number of nitrogens with two attached hydrogens (primary N) is 1. The van der Waals surface area contributed by atoms with Crippen molar-refractivity contribution in [2.24, 2.45) is 5.73 Å². The standard InChI is InChI=1S/C8H13N3O/c9-4-7-3-8(12-11-7)6-1-2-10-5-6/h3,6,10H,1-2,4-5,9H2. The third-order valence-corrected chi connectivity index (χ3v) is 2.25. The maximum Gasteiger partial charge on any atom is 0.141 e. The van der Waals surface area contributed by atoms with E-state index in [0.717, 1.165) is 31.0 Å². The summed E-state index contributed by atoms with van der Waals surface area (Å²) in [5.41, 5.74) is 6.27. The van der Waals surface area contributed by atoms with Crippen molar-refractivity contribution in [3.8, 4) is 0 Å². The molecule has 12 heavy (non-hydrogen) atoms. The van der Waals surface area contributed by atoms with Crippen molar-refractivity contribution in [1.29, 1.82) is 0 Å². The van der Waals surface area contributed by atoms with Gasteiger partial charge in [0.05, 0.1) is 5.69 Å². The summed E-state index contributed by atoms with van der Waals surface area (Å²) in [7, 11) is 0. The van der Waals surface area contributed by atoms with Crippen molar-refractivity contribution in [2.75, 3.05) is 13.1 Å². The minimum atomic E-state index is 0.462. The summed E-state index contributed by atoms with van der Waals surface area (Å²) in [4.78, 5) is 0. The number of aromatic nitrogens is 1. The van der Waals surface area contributed by atoms with Crippen LogP contribution in [-0.2, 0) is 6.54 Å². The Labute approximate surface area is 71.1 Å². The van der Waals surface area contributed by atoms with Crippen LogP contribution in [0, 0.1) is 0 Å². The lowest BCUT2D eigenvalue weighted by Gasteiger charge is -1.99. The van der Waals surface area contributed by atoms with Gasteiger partial charge in [0.2, 0.25) is 0 Å². The zero-order valence-electron chi connectivity index (χ0n) is 6.92. The first kappa shape index (κ1) is 7.76. The van der Waals surface area contributed by atoms with Crippen LogP contribution in [0.15, 0.2) is 10.6 Å². The van der Waals surface area contributed by atoms with E-state index >= 15 is 0 Å². The Hall–Kier alpha value is -0.870. The highest BCUT2D eigenvalue weighted by Crippen LogP contribution is 2.22. The molecule has 0 amide bonds. The molecule has 0 aliphatic carbocycles. The molecule has 4 heteroatoms. The molecule has 1 aromatic rings. The molecule has 0 bridgehead atoms. The maximum absolute atomic E-state index is 5.42. The van der Waals surface area contributed by atoms with Crippen LogP contribution in [0.5, 0.6) is 0 Å². The van der Waals surface area contributed by atoms with E-state index in [0.29, 0.717) is 12.5 Å². The first-order valence-corrected chi connectivity index (χ1v) is 4.26. The number of hydrogen-bond acceptors (Lipinski definition) is 4. The van der Waals surface area contributed by atoms with E-state index in [-0.39, 0.29) is 0 Å². The predicted molar refractivity (Wildman–Crippen MR) is 44.6 cm³/mol. The smallest absolute Gasteiger partial charge is 0.141 e. The molecule has 0 spiro atoms. The summed E-state index contributed by atoms with van der Waals surface area (Å²) < 4.78 is 5.17. The number of hydrogen-bond donors (Lipinski definition) is 2. The summed E-state index contributed by atoms with van der Waals surface area (Å²) in [6, 6.07) is 1.96. The monoisotopic (exact) mass is 167 g/mol. The fraction of sp³-hybridized carbons (Fsp3) is 0.625. The van der Waals surface area contributed by atoms with Crippen molar-refractivity contribution in [1.82, 2.24) is 10.5 Å². The van der Waals surface area contributed by atoms with Gasteiger partial charge in [0, 0.05) is 25.1 Å². The number of rotatable bonds is 2. The highest BCUT2D eigenvalue weighted by molar-refractivity contribution is 5.11. The summed E-state index contributed by atoms with van der Waals surface area (Å²) in [5, 5.41) is 7.13. The molecule has 3 N–H and O–H groups in total.